The van der Waals surface area contributed by atoms with Gasteiger partial charge in [0.05, 0.1) is 38.0 Å². The summed E-state index contributed by atoms with van der Waals surface area (Å²) in [4.78, 5) is 31.3. The van der Waals surface area contributed by atoms with Crippen molar-refractivity contribution in [3.8, 4) is 11.6 Å². The largest absolute Gasteiger partial charge is 1.00 e. The monoisotopic (exact) mass is 613 g/mol. The van der Waals surface area contributed by atoms with Crippen molar-refractivity contribution in [3.63, 3.8) is 0 Å². The molecular weight excluding hydrogens is 601 g/mol. The second-order valence-electron chi connectivity index (χ2n) is 7.48. The van der Waals surface area contributed by atoms with Gasteiger partial charge in [0.1, 0.15) is 15.8 Å². The molecule has 0 bridgehead atoms. The summed E-state index contributed by atoms with van der Waals surface area (Å²) in [6.07, 6.45) is -0.228. The summed E-state index contributed by atoms with van der Waals surface area (Å²) in [6, 6.07) is 7.12. The number of pyridine rings is 1. The number of nitrogens with zero attached hydrogens (tertiary/aromatic N) is 5. The fourth-order valence-corrected chi connectivity index (χ4v) is 5.37. The van der Waals surface area contributed by atoms with Crippen molar-refractivity contribution in [2.24, 2.45) is 10.2 Å². The van der Waals surface area contributed by atoms with Crippen molar-refractivity contribution in [1.82, 2.24) is 9.55 Å². The molecule has 4 aromatic rings. The second kappa shape index (κ2) is 12.3. The van der Waals surface area contributed by atoms with E-state index in [-0.39, 0.29) is 101 Å². The fraction of sp³-hybridized carbons (Fsp3) is 0.0909. The number of aliphatic hydroxyl groups is 1. The van der Waals surface area contributed by atoms with E-state index in [4.69, 9.17) is 23.3 Å². The van der Waals surface area contributed by atoms with Crippen molar-refractivity contribution >= 4 is 65.7 Å². The van der Waals surface area contributed by atoms with Crippen LogP contribution in [0, 0.1) is 6.57 Å². The summed E-state index contributed by atoms with van der Waals surface area (Å²) in [5.41, 5.74) is -1.62. The maximum absolute atomic E-state index is 13.4. The Bertz CT molecular complexity index is 1850. The number of azo groups is 1. The summed E-state index contributed by atoms with van der Waals surface area (Å²) < 4.78 is 35.2. The molecule has 39 heavy (non-hydrogen) atoms. The summed E-state index contributed by atoms with van der Waals surface area (Å²) in [6.45, 7) is 7.01. The van der Waals surface area contributed by atoms with Crippen LogP contribution < -0.4 is 56.9 Å². The van der Waals surface area contributed by atoms with E-state index < -0.39 is 44.7 Å². The number of aromatic nitrogens is 2. The van der Waals surface area contributed by atoms with Gasteiger partial charge in [-0.05, 0) is 48.4 Å². The molecule has 13 nitrogen and oxygen atoms in total. The molecule has 2 aromatic heterocycles. The number of aromatic hydroxyl groups is 1. The molecule has 0 radical (unpaired) electrons. The van der Waals surface area contributed by atoms with Crippen LogP contribution in [0.4, 0.5) is 16.5 Å². The van der Waals surface area contributed by atoms with Gasteiger partial charge in [-0.25, -0.2) is 23.0 Å². The van der Waals surface area contributed by atoms with Gasteiger partial charge in [0.25, 0.3) is 11.2 Å². The van der Waals surface area contributed by atoms with Gasteiger partial charge in [-0.3, -0.25) is 9.36 Å². The molecule has 0 aliphatic rings. The van der Waals surface area contributed by atoms with E-state index in [0.29, 0.717) is 0 Å². The van der Waals surface area contributed by atoms with Gasteiger partial charge >= 0.3 is 57.4 Å². The zero-order chi connectivity index (χ0) is 27.8. The van der Waals surface area contributed by atoms with E-state index in [2.05, 4.69) is 20.1 Å². The Kier molecular flexibility index (Phi) is 9.77. The number of hydrogen-bond acceptors (Lipinski definition) is 11. The normalized spacial score (nSPS) is 11.4. The summed E-state index contributed by atoms with van der Waals surface area (Å²) in [5.74, 6) is -1.95. The molecule has 3 N–H and O–H groups in total. The number of halogens is 1. The van der Waals surface area contributed by atoms with Gasteiger partial charge in [0.15, 0.2) is 0 Å². The molecule has 0 amide bonds. The molecule has 194 valence electrons. The first kappa shape index (κ1) is 31.0. The SMILES string of the molecule is [C-]#[N+]c1c(CCO)c(N=Nc2nc3cc(Cl)c(S(=O)(=O)[O-])cc3s2)c(=O)n(-c2ccc(C(=O)O)cc2)c1O.[K+]. The molecule has 0 atom stereocenters. The quantitative estimate of drug-likeness (QED) is 0.117. The van der Waals surface area contributed by atoms with Crippen molar-refractivity contribution in [1.29, 1.82) is 0 Å². The Balaban J connectivity index is 0.00000420. The number of aliphatic hydroxyl groups excluding tert-OH is 1. The van der Waals surface area contributed by atoms with Crippen molar-refractivity contribution in [2.75, 3.05) is 6.61 Å². The van der Waals surface area contributed by atoms with Crippen molar-refractivity contribution in [3.05, 3.63) is 74.3 Å². The standard InChI is InChI=1S/C22H14ClN5O8S2.K/c1-24-17-12(6-7-29)18(20(31)28(19(17)30)11-4-2-10(3-5-11)21(32)33)26-27-22-25-14-8-13(23)16(38(34,35)36)9-15(14)37-22;/h2-5,8-9,29-30H,6-7H2,(H,32,33)(H,34,35,36);/q;+1/p-1. The van der Waals surface area contributed by atoms with Crippen molar-refractivity contribution < 1.29 is 84.5 Å². The smallest absolute Gasteiger partial charge is 0.744 e. The van der Waals surface area contributed by atoms with Crippen LogP contribution in [0.5, 0.6) is 5.88 Å². The Labute approximate surface area is 271 Å². The molecule has 0 saturated carbocycles. The van der Waals surface area contributed by atoms with Crippen LogP contribution in [0.25, 0.3) is 20.7 Å². The third-order valence-corrected chi connectivity index (χ3v) is 7.39. The summed E-state index contributed by atoms with van der Waals surface area (Å²) in [5, 5.41) is 36.8. The third kappa shape index (κ3) is 6.28. The second-order valence-corrected chi connectivity index (χ2v) is 10.2. The van der Waals surface area contributed by atoms with E-state index >= 15 is 0 Å². The molecule has 0 fully saturated rings. The van der Waals surface area contributed by atoms with Crippen LogP contribution in [0.2, 0.25) is 5.02 Å². The van der Waals surface area contributed by atoms with Gasteiger partial charge in [-0.15, -0.1) is 10.2 Å². The molecule has 0 aliphatic heterocycles. The molecule has 4 rings (SSSR count). The Morgan fingerprint density at radius 3 is 2.46 bits per heavy atom. The average molecular weight is 614 g/mol. The predicted octanol–water partition coefficient (Wildman–Crippen LogP) is 0.913. The zero-order valence-corrected chi connectivity index (χ0v) is 25.2. The minimum atomic E-state index is -4.85. The molecule has 0 unspecified atom stereocenters. The molecule has 0 spiro atoms. The Morgan fingerprint density at radius 2 is 1.90 bits per heavy atom. The van der Waals surface area contributed by atoms with E-state index in [1.54, 1.807) is 0 Å². The van der Waals surface area contributed by atoms with Gasteiger partial charge in [-0.1, -0.05) is 22.9 Å². The molecule has 0 saturated heterocycles. The fourth-order valence-electron chi connectivity index (χ4n) is 3.49. The number of hydrogen-bond donors (Lipinski definition) is 3. The maximum Gasteiger partial charge on any atom is 1.00 e. The van der Waals surface area contributed by atoms with Crippen molar-refractivity contribution in [2.45, 2.75) is 11.3 Å². The molecular formula is C22H13ClKN5O8S2. The number of carbonyl (C=O) groups is 1. The van der Waals surface area contributed by atoms with Gasteiger partial charge in [0, 0.05) is 6.61 Å². The van der Waals surface area contributed by atoms with Crippen LogP contribution >= 0.6 is 22.9 Å². The Hall–Kier alpha value is -2.56. The number of aromatic carboxylic acids is 1. The van der Waals surface area contributed by atoms with E-state index in [1.807, 2.05) is 0 Å². The zero-order valence-electron chi connectivity index (χ0n) is 19.7. The third-order valence-electron chi connectivity index (χ3n) is 5.18. The summed E-state index contributed by atoms with van der Waals surface area (Å²) >= 11 is 6.72. The molecule has 2 heterocycles. The number of benzene rings is 2. The number of fused-ring (bicyclic) bond motifs is 1. The number of rotatable bonds is 7. The van der Waals surface area contributed by atoms with Crippen LogP contribution in [0.15, 0.2) is 56.3 Å². The van der Waals surface area contributed by atoms with Crippen LogP contribution in [0.1, 0.15) is 15.9 Å². The topological polar surface area (TPSA) is 199 Å². The minimum Gasteiger partial charge on any atom is -0.744 e. The van der Waals surface area contributed by atoms with Crippen LogP contribution in [0.3, 0.4) is 0 Å². The van der Waals surface area contributed by atoms with E-state index in [0.717, 1.165) is 22.0 Å². The average Bonchev–Trinajstić information content (AvgIpc) is 3.25. The first-order valence-electron chi connectivity index (χ1n) is 10.3. The van der Waals surface area contributed by atoms with Crippen LogP contribution in [-0.4, -0.2) is 50.4 Å². The number of carboxylic acid groups (broad SMARTS) is 1. The number of carboxylic acids is 1. The maximum atomic E-state index is 13.4. The van der Waals surface area contributed by atoms with E-state index in [9.17, 15) is 32.8 Å². The van der Waals surface area contributed by atoms with Gasteiger partial charge < -0.3 is 19.9 Å². The van der Waals surface area contributed by atoms with Gasteiger partial charge in [-0.2, -0.15) is 0 Å². The van der Waals surface area contributed by atoms with Gasteiger partial charge in [0.2, 0.25) is 11.0 Å². The minimum absolute atomic E-state index is 0. The van der Waals surface area contributed by atoms with E-state index in [1.165, 1.54) is 30.3 Å². The predicted molar refractivity (Wildman–Crippen MR) is 134 cm³/mol. The molecule has 0 aliphatic carbocycles. The van der Waals surface area contributed by atoms with Crippen LogP contribution in [-0.2, 0) is 16.5 Å². The first-order chi connectivity index (χ1) is 18.0. The Morgan fingerprint density at radius 1 is 1.23 bits per heavy atom. The molecule has 17 heteroatoms. The molecule has 2 aromatic carbocycles. The number of thiazole rings is 1. The summed E-state index contributed by atoms with van der Waals surface area (Å²) in [7, 11) is -4.85. The first-order valence-corrected chi connectivity index (χ1v) is 12.9.